The minimum atomic E-state index is 0.367. The quantitative estimate of drug-likeness (QED) is 0.887. The zero-order valence-corrected chi connectivity index (χ0v) is 12.5. The van der Waals surface area contributed by atoms with Gasteiger partial charge in [-0.2, -0.15) is 0 Å². The highest BCUT2D eigenvalue weighted by atomic mass is 35.5. The highest BCUT2D eigenvalue weighted by molar-refractivity contribution is 6.30. The molecule has 3 nitrogen and oxygen atoms in total. The highest BCUT2D eigenvalue weighted by Gasteiger charge is 2.09. The number of aromatic nitrogens is 1. The summed E-state index contributed by atoms with van der Waals surface area (Å²) in [5, 5.41) is 4.12. The molecule has 1 N–H and O–H groups in total. The first-order valence-electron chi connectivity index (χ1n) is 6.62. The molecule has 0 saturated carbocycles. The van der Waals surface area contributed by atoms with E-state index in [1.807, 2.05) is 31.4 Å². The maximum Gasteiger partial charge on any atom is 0.212 e. The van der Waals surface area contributed by atoms with Crippen LogP contribution >= 0.6 is 11.6 Å². The minimum Gasteiger partial charge on any atom is -0.481 e. The Morgan fingerprint density at radius 1 is 1.10 bits per heavy atom. The lowest BCUT2D eigenvalue weighted by Gasteiger charge is -2.16. The van der Waals surface area contributed by atoms with Gasteiger partial charge < -0.3 is 10.1 Å². The SMILES string of the molecule is CNC(Cc1ccc(Cl)cc1)Cc1ccc(OC)nc1. The van der Waals surface area contributed by atoms with Crippen LogP contribution in [0.4, 0.5) is 0 Å². The molecule has 0 bridgehead atoms. The van der Waals surface area contributed by atoms with E-state index < -0.39 is 0 Å². The van der Waals surface area contributed by atoms with Crippen LogP contribution in [-0.2, 0) is 12.8 Å². The first-order chi connectivity index (χ1) is 9.71. The van der Waals surface area contributed by atoms with Crippen LogP contribution in [0.5, 0.6) is 5.88 Å². The van der Waals surface area contributed by atoms with E-state index in [1.165, 1.54) is 11.1 Å². The van der Waals surface area contributed by atoms with E-state index in [0.717, 1.165) is 17.9 Å². The molecule has 1 aromatic carbocycles. The van der Waals surface area contributed by atoms with Crippen LogP contribution in [0.1, 0.15) is 11.1 Å². The van der Waals surface area contributed by atoms with Crippen molar-refractivity contribution in [3.05, 3.63) is 58.7 Å². The van der Waals surface area contributed by atoms with Crippen molar-refractivity contribution in [3.63, 3.8) is 0 Å². The molecule has 0 aliphatic heterocycles. The second kappa shape index (κ2) is 7.27. The van der Waals surface area contributed by atoms with Crippen molar-refractivity contribution in [1.29, 1.82) is 0 Å². The molecule has 1 unspecified atom stereocenters. The van der Waals surface area contributed by atoms with Gasteiger partial charge in [0.15, 0.2) is 0 Å². The van der Waals surface area contributed by atoms with Gasteiger partial charge in [0.05, 0.1) is 7.11 Å². The van der Waals surface area contributed by atoms with Crippen LogP contribution < -0.4 is 10.1 Å². The summed E-state index contributed by atoms with van der Waals surface area (Å²) in [5.74, 6) is 0.646. The molecule has 2 rings (SSSR count). The van der Waals surface area contributed by atoms with Gasteiger partial charge in [0.1, 0.15) is 0 Å². The fraction of sp³-hybridized carbons (Fsp3) is 0.312. The molecule has 0 aliphatic rings. The number of methoxy groups -OCH3 is 1. The molecule has 0 fully saturated rings. The lowest BCUT2D eigenvalue weighted by atomic mass is 10.00. The van der Waals surface area contributed by atoms with Crippen molar-refractivity contribution in [2.24, 2.45) is 0 Å². The molecule has 0 saturated heterocycles. The zero-order chi connectivity index (χ0) is 14.4. The van der Waals surface area contributed by atoms with Gasteiger partial charge in [-0.3, -0.25) is 0 Å². The third kappa shape index (κ3) is 4.22. The van der Waals surface area contributed by atoms with E-state index in [0.29, 0.717) is 11.9 Å². The molecule has 0 amide bonds. The summed E-state index contributed by atoms with van der Waals surface area (Å²) in [4.78, 5) is 4.24. The maximum atomic E-state index is 5.90. The standard InChI is InChI=1S/C16H19ClN2O/c1-18-15(9-12-3-6-14(17)7-4-12)10-13-5-8-16(20-2)19-11-13/h3-8,11,15,18H,9-10H2,1-2H3. The third-order valence-corrected chi connectivity index (χ3v) is 3.54. The van der Waals surface area contributed by atoms with E-state index in [2.05, 4.69) is 28.5 Å². The van der Waals surface area contributed by atoms with E-state index in [-0.39, 0.29) is 0 Å². The van der Waals surface area contributed by atoms with E-state index in [9.17, 15) is 0 Å². The van der Waals surface area contributed by atoms with Gasteiger partial charge in [-0.15, -0.1) is 0 Å². The summed E-state index contributed by atoms with van der Waals surface area (Å²) in [7, 11) is 3.61. The first kappa shape index (κ1) is 14.8. The van der Waals surface area contributed by atoms with Gasteiger partial charge >= 0.3 is 0 Å². The van der Waals surface area contributed by atoms with Crippen LogP contribution in [0.2, 0.25) is 5.02 Å². The Hall–Kier alpha value is -1.58. The molecule has 20 heavy (non-hydrogen) atoms. The fourth-order valence-electron chi connectivity index (χ4n) is 2.12. The third-order valence-electron chi connectivity index (χ3n) is 3.29. The second-order valence-electron chi connectivity index (χ2n) is 4.73. The van der Waals surface area contributed by atoms with Gasteiger partial charge in [-0.25, -0.2) is 4.98 Å². The minimum absolute atomic E-state index is 0.367. The molecular formula is C16H19ClN2O. The Bertz CT molecular complexity index is 525. The lowest BCUT2D eigenvalue weighted by molar-refractivity contribution is 0.397. The van der Waals surface area contributed by atoms with Crippen molar-refractivity contribution < 1.29 is 4.74 Å². The average Bonchev–Trinajstić information content (AvgIpc) is 2.49. The van der Waals surface area contributed by atoms with Gasteiger partial charge in [0.25, 0.3) is 0 Å². The smallest absolute Gasteiger partial charge is 0.212 e. The van der Waals surface area contributed by atoms with E-state index >= 15 is 0 Å². The number of nitrogens with one attached hydrogen (secondary N) is 1. The van der Waals surface area contributed by atoms with Gasteiger partial charge in [-0.1, -0.05) is 29.8 Å². The molecule has 1 aromatic heterocycles. The Morgan fingerprint density at radius 3 is 2.30 bits per heavy atom. The summed E-state index contributed by atoms with van der Waals surface area (Å²) in [5.41, 5.74) is 2.47. The average molecular weight is 291 g/mol. The summed E-state index contributed by atoms with van der Waals surface area (Å²) < 4.78 is 5.07. The Kier molecular flexibility index (Phi) is 5.39. The second-order valence-corrected chi connectivity index (χ2v) is 5.17. The number of hydrogen-bond acceptors (Lipinski definition) is 3. The van der Waals surface area contributed by atoms with Crippen LogP contribution in [0, 0.1) is 0 Å². The lowest BCUT2D eigenvalue weighted by Crippen LogP contribution is -2.29. The summed E-state index contributed by atoms with van der Waals surface area (Å²) in [6.07, 6.45) is 3.75. The van der Waals surface area contributed by atoms with Crippen molar-refractivity contribution in [2.75, 3.05) is 14.2 Å². The number of hydrogen-bond donors (Lipinski definition) is 1. The molecule has 0 aliphatic carbocycles. The molecule has 2 aromatic rings. The number of halogens is 1. The Balaban J connectivity index is 1.99. The van der Waals surface area contributed by atoms with Crippen molar-refractivity contribution in [1.82, 2.24) is 10.3 Å². The van der Waals surface area contributed by atoms with Crippen molar-refractivity contribution >= 4 is 11.6 Å². The normalized spacial score (nSPS) is 12.2. The fourth-order valence-corrected chi connectivity index (χ4v) is 2.24. The predicted molar refractivity (Wildman–Crippen MR) is 82.5 cm³/mol. The predicted octanol–water partition coefficient (Wildman–Crippen LogP) is 3.12. The highest BCUT2D eigenvalue weighted by Crippen LogP contribution is 2.14. The number of benzene rings is 1. The van der Waals surface area contributed by atoms with Crippen molar-refractivity contribution in [3.8, 4) is 5.88 Å². The van der Waals surface area contributed by atoms with E-state index in [1.54, 1.807) is 7.11 Å². The van der Waals surface area contributed by atoms with E-state index in [4.69, 9.17) is 16.3 Å². The van der Waals surface area contributed by atoms with Gasteiger partial charge in [-0.05, 0) is 43.1 Å². The molecule has 4 heteroatoms. The molecule has 0 spiro atoms. The molecule has 106 valence electrons. The molecule has 1 heterocycles. The van der Waals surface area contributed by atoms with Gasteiger partial charge in [0.2, 0.25) is 5.88 Å². The number of likely N-dealkylation sites (N-methyl/N-ethyl adjacent to an activating group) is 1. The molecule has 1 atom stereocenters. The largest absolute Gasteiger partial charge is 0.481 e. The summed E-state index contributed by atoms with van der Waals surface area (Å²) >= 11 is 5.90. The Morgan fingerprint density at radius 2 is 1.75 bits per heavy atom. The number of rotatable bonds is 6. The van der Waals surface area contributed by atoms with Crippen LogP contribution in [0.15, 0.2) is 42.6 Å². The number of pyridine rings is 1. The maximum absolute atomic E-state index is 5.90. The van der Waals surface area contributed by atoms with Crippen LogP contribution in [-0.4, -0.2) is 25.2 Å². The first-order valence-corrected chi connectivity index (χ1v) is 6.99. The van der Waals surface area contributed by atoms with Crippen LogP contribution in [0.3, 0.4) is 0 Å². The Labute approximate surface area is 124 Å². The van der Waals surface area contributed by atoms with Crippen LogP contribution in [0.25, 0.3) is 0 Å². The zero-order valence-electron chi connectivity index (χ0n) is 11.8. The number of ether oxygens (including phenoxy) is 1. The number of nitrogens with zero attached hydrogens (tertiary/aromatic N) is 1. The molecular weight excluding hydrogens is 272 g/mol. The summed E-state index contributed by atoms with van der Waals surface area (Å²) in [6, 6.07) is 12.3. The van der Waals surface area contributed by atoms with Gasteiger partial charge in [0, 0.05) is 23.3 Å². The molecule has 0 radical (unpaired) electrons. The topological polar surface area (TPSA) is 34.1 Å². The monoisotopic (exact) mass is 290 g/mol. The van der Waals surface area contributed by atoms with Crippen molar-refractivity contribution in [2.45, 2.75) is 18.9 Å². The summed E-state index contributed by atoms with van der Waals surface area (Å²) in [6.45, 7) is 0.